The monoisotopic (exact) mass is 533 g/mol. The van der Waals surface area contributed by atoms with Gasteiger partial charge < -0.3 is 30.8 Å². The Bertz CT molecular complexity index is 1090. The summed E-state index contributed by atoms with van der Waals surface area (Å²) in [6.45, 7) is 6.97. The van der Waals surface area contributed by atoms with Gasteiger partial charge in [0.1, 0.15) is 17.6 Å². The summed E-state index contributed by atoms with van der Waals surface area (Å²) in [6, 6.07) is 9.13. The third kappa shape index (κ3) is 9.28. The maximum atomic E-state index is 13.1. The van der Waals surface area contributed by atoms with Gasteiger partial charge in [0.25, 0.3) is 5.91 Å². The Labute approximate surface area is 222 Å². The summed E-state index contributed by atoms with van der Waals surface area (Å²) in [5.41, 5.74) is 3.49. The van der Waals surface area contributed by atoms with Crippen LogP contribution in [0.2, 0.25) is 10.0 Å². The molecule has 194 valence electrons. The number of methoxy groups -OCH3 is 1. The van der Waals surface area contributed by atoms with Crippen LogP contribution >= 0.6 is 23.2 Å². The molecule has 0 aliphatic carbocycles. The summed E-state index contributed by atoms with van der Waals surface area (Å²) in [4.78, 5) is 17.2. The lowest BCUT2D eigenvalue weighted by atomic mass is 10.2. The number of ether oxygens (including phenoxy) is 2. The van der Waals surface area contributed by atoms with E-state index in [1.165, 1.54) is 0 Å². The summed E-state index contributed by atoms with van der Waals surface area (Å²) >= 11 is 12.1. The van der Waals surface area contributed by atoms with E-state index in [1.807, 2.05) is 32.0 Å². The molecular formula is C26H33Cl2N5O3. The number of halogens is 2. The van der Waals surface area contributed by atoms with Gasteiger partial charge >= 0.3 is 0 Å². The average molecular weight is 534 g/mol. The summed E-state index contributed by atoms with van der Waals surface area (Å²) < 4.78 is 11.2. The molecule has 1 atom stereocenters. The number of allylic oxidation sites excluding steroid dienone is 2. The Morgan fingerprint density at radius 3 is 2.56 bits per heavy atom. The number of pyridine rings is 1. The second-order valence-electron chi connectivity index (χ2n) is 8.16. The molecule has 0 fully saturated rings. The smallest absolute Gasteiger partial charge is 0.273 e. The van der Waals surface area contributed by atoms with E-state index >= 15 is 0 Å². The first-order chi connectivity index (χ1) is 17.3. The van der Waals surface area contributed by atoms with Crippen LogP contribution in [0.3, 0.4) is 0 Å². The van der Waals surface area contributed by atoms with E-state index in [2.05, 4.69) is 20.9 Å². The highest BCUT2D eigenvalue weighted by molar-refractivity contribution is 6.42. The SMILES string of the molecule is COCC(OCCN/C(C(=O)NC(NCc1ccc(Cl)c(Cl)c1)=C(C)C)=C(/C)C=N)c1cccnc1. The minimum absolute atomic E-state index is 0.279. The van der Waals surface area contributed by atoms with Crippen molar-refractivity contribution >= 4 is 35.3 Å². The van der Waals surface area contributed by atoms with Gasteiger partial charge in [-0.25, -0.2) is 0 Å². The van der Waals surface area contributed by atoms with Crippen LogP contribution in [0.4, 0.5) is 0 Å². The number of hydrogen-bond donors (Lipinski definition) is 4. The van der Waals surface area contributed by atoms with Crippen LogP contribution in [-0.4, -0.2) is 44.0 Å². The normalized spacial score (nSPS) is 12.3. The minimum Gasteiger partial charge on any atom is -0.382 e. The van der Waals surface area contributed by atoms with E-state index in [4.69, 9.17) is 38.1 Å². The summed E-state index contributed by atoms with van der Waals surface area (Å²) in [5.74, 6) is 0.200. The quantitative estimate of drug-likeness (QED) is 0.158. The number of nitrogens with zero attached hydrogens (tertiary/aromatic N) is 1. The molecule has 8 nitrogen and oxygen atoms in total. The fourth-order valence-corrected chi connectivity index (χ4v) is 3.49. The molecule has 0 radical (unpaired) electrons. The van der Waals surface area contributed by atoms with Gasteiger partial charge in [0.2, 0.25) is 0 Å². The molecule has 1 heterocycles. The molecule has 0 saturated heterocycles. The van der Waals surface area contributed by atoms with Crippen LogP contribution in [0.15, 0.2) is 65.4 Å². The van der Waals surface area contributed by atoms with E-state index in [9.17, 15) is 4.79 Å². The van der Waals surface area contributed by atoms with Crippen molar-refractivity contribution in [1.29, 1.82) is 5.41 Å². The first-order valence-electron chi connectivity index (χ1n) is 11.4. The molecule has 0 bridgehead atoms. The van der Waals surface area contributed by atoms with E-state index in [0.29, 0.717) is 47.7 Å². The molecule has 0 saturated carbocycles. The molecule has 1 amide bonds. The zero-order valence-corrected chi connectivity index (χ0v) is 22.5. The van der Waals surface area contributed by atoms with Gasteiger partial charge in [0, 0.05) is 44.4 Å². The Morgan fingerprint density at radius 2 is 1.94 bits per heavy atom. The number of hydrogen-bond acceptors (Lipinski definition) is 7. The molecular weight excluding hydrogens is 501 g/mol. The third-order valence-corrected chi connectivity index (χ3v) is 5.87. The standard InChI is InChI=1S/C26H33Cl2N5O3/c1-17(2)25(32-14-19-7-8-21(27)22(28)12-19)33-26(34)24(18(3)13-29)31-10-11-36-23(16-35-4)20-6-5-9-30-15-20/h5-9,12-13,15,23,29,31-32H,10-11,14,16H2,1-4H3,(H,33,34)/b24-18-,29-13?. The number of aromatic nitrogens is 1. The van der Waals surface area contributed by atoms with Crippen molar-refractivity contribution in [3.63, 3.8) is 0 Å². The number of carbonyl (C=O) groups is 1. The molecule has 1 unspecified atom stereocenters. The molecule has 10 heteroatoms. The fraction of sp³-hybridized carbons (Fsp3) is 0.346. The average Bonchev–Trinajstić information content (AvgIpc) is 2.87. The maximum absolute atomic E-state index is 13.1. The van der Waals surface area contributed by atoms with Crippen LogP contribution in [0.25, 0.3) is 0 Å². The Balaban J connectivity index is 1.99. The Kier molecular flexibility index (Phi) is 12.4. The number of rotatable bonds is 14. The highest BCUT2D eigenvalue weighted by Crippen LogP contribution is 2.22. The molecule has 2 rings (SSSR count). The molecule has 4 N–H and O–H groups in total. The van der Waals surface area contributed by atoms with E-state index in [0.717, 1.165) is 22.9 Å². The molecule has 0 spiro atoms. The second-order valence-corrected chi connectivity index (χ2v) is 8.98. The minimum atomic E-state index is -0.366. The van der Waals surface area contributed by atoms with Crippen LogP contribution in [0, 0.1) is 5.41 Å². The molecule has 0 aliphatic heterocycles. The Hall–Kier alpha value is -2.91. The van der Waals surface area contributed by atoms with Gasteiger partial charge in [0.15, 0.2) is 0 Å². The van der Waals surface area contributed by atoms with E-state index < -0.39 is 0 Å². The molecule has 36 heavy (non-hydrogen) atoms. The topological polar surface area (TPSA) is 108 Å². The fourth-order valence-electron chi connectivity index (χ4n) is 3.17. The van der Waals surface area contributed by atoms with Crippen molar-refractivity contribution in [2.75, 3.05) is 26.9 Å². The molecule has 2 aromatic rings. The summed E-state index contributed by atoms with van der Waals surface area (Å²) in [7, 11) is 1.61. The molecule has 1 aromatic carbocycles. The van der Waals surface area contributed by atoms with E-state index in [-0.39, 0.29) is 17.7 Å². The zero-order valence-electron chi connectivity index (χ0n) is 21.0. The van der Waals surface area contributed by atoms with Crippen LogP contribution in [-0.2, 0) is 20.8 Å². The zero-order chi connectivity index (χ0) is 26.5. The molecule has 1 aromatic heterocycles. The van der Waals surface area contributed by atoms with Crippen molar-refractivity contribution < 1.29 is 14.3 Å². The van der Waals surface area contributed by atoms with Crippen molar-refractivity contribution in [2.24, 2.45) is 0 Å². The Morgan fingerprint density at radius 1 is 1.17 bits per heavy atom. The van der Waals surface area contributed by atoms with Crippen molar-refractivity contribution in [2.45, 2.75) is 33.4 Å². The lowest BCUT2D eigenvalue weighted by Crippen LogP contribution is -2.38. The highest BCUT2D eigenvalue weighted by Gasteiger charge is 2.16. The molecule has 0 aliphatic rings. The first kappa shape index (κ1) is 29.3. The highest BCUT2D eigenvalue weighted by atomic mass is 35.5. The maximum Gasteiger partial charge on any atom is 0.273 e. The first-order valence-corrected chi connectivity index (χ1v) is 12.1. The van der Waals surface area contributed by atoms with Crippen LogP contribution < -0.4 is 16.0 Å². The van der Waals surface area contributed by atoms with Crippen LogP contribution in [0.1, 0.15) is 38.0 Å². The lowest BCUT2D eigenvalue weighted by Gasteiger charge is -2.20. The second kappa shape index (κ2) is 15.3. The lowest BCUT2D eigenvalue weighted by molar-refractivity contribution is -0.117. The van der Waals surface area contributed by atoms with Gasteiger partial charge in [-0.05, 0) is 55.7 Å². The van der Waals surface area contributed by atoms with Crippen molar-refractivity contribution in [1.82, 2.24) is 20.9 Å². The van der Waals surface area contributed by atoms with Crippen molar-refractivity contribution in [3.8, 4) is 0 Å². The van der Waals surface area contributed by atoms with Crippen LogP contribution in [0.5, 0.6) is 0 Å². The van der Waals surface area contributed by atoms with Gasteiger partial charge in [-0.2, -0.15) is 0 Å². The van der Waals surface area contributed by atoms with Gasteiger partial charge in [-0.3, -0.25) is 9.78 Å². The predicted octanol–water partition coefficient (Wildman–Crippen LogP) is 4.76. The van der Waals surface area contributed by atoms with E-state index in [1.54, 1.807) is 38.6 Å². The third-order valence-electron chi connectivity index (χ3n) is 5.13. The van der Waals surface area contributed by atoms with Gasteiger partial charge in [-0.1, -0.05) is 35.3 Å². The summed E-state index contributed by atoms with van der Waals surface area (Å²) in [6.07, 6.45) is 4.29. The van der Waals surface area contributed by atoms with Gasteiger partial charge in [-0.15, -0.1) is 0 Å². The number of amides is 1. The van der Waals surface area contributed by atoms with Crippen molar-refractivity contribution in [3.05, 3.63) is 86.6 Å². The number of carbonyl (C=O) groups excluding carboxylic acids is 1. The van der Waals surface area contributed by atoms with Gasteiger partial charge in [0.05, 0.1) is 23.3 Å². The number of nitrogens with one attached hydrogen (secondary N) is 4. The number of benzene rings is 1. The summed E-state index contributed by atoms with van der Waals surface area (Å²) in [5, 5.41) is 17.8. The predicted molar refractivity (Wildman–Crippen MR) is 144 cm³/mol. The largest absolute Gasteiger partial charge is 0.382 e.